The zero-order valence-corrected chi connectivity index (χ0v) is 29.5. The number of urea groups is 1. The molecule has 2 aromatic carbocycles. The number of carbonyl (C=O) groups excluding carboxylic acids is 4. The second-order valence-corrected chi connectivity index (χ2v) is 14.0. The van der Waals surface area contributed by atoms with E-state index in [0.717, 1.165) is 66.9 Å². The minimum Gasteiger partial charge on any atom is -0.494 e. The lowest BCUT2D eigenvalue weighted by atomic mass is 9.77. The van der Waals surface area contributed by atoms with Gasteiger partial charge in [-0.2, -0.15) is 0 Å². The zero-order valence-electron chi connectivity index (χ0n) is 29.5. The Bertz CT molecular complexity index is 1540. The predicted octanol–water partition coefficient (Wildman–Crippen LogP) is 1.44. The number of hydrogen-bond acceptors (Lipinski definition) is 10. The summed E-state index contributed by atoms with van der Waals surface area (Å²) in [6.45, 7) is 3.87. The molecule has 278 valence electrons. The van der Waals surface area contributed by atoms with Crippen LogP contribution in [0.5, 0.6) is 5.75 Å². The number of aliphatic hydroxyl groups excluding tert-OH is 3. The third-order valence-corrected chi connectivity index (χ3v) is 10.2. The van der Waals surface area contributed by atoms with Crippen LogP contribution in [0, 0.1) is 5.41 Å². The molecule has 2 aromatic rings. The molecule has 3 fully saturated rings. The van der Waals surface area contributed by atoms with Crippen molar-refractivity contribution >= 4 is 29.5 Å². The van der Waals surface area contributed by atoms with Crippen molar-refractivity contribution in [2.75, 3.05) is 71.2 Å². The highest BCUT2D eigenvalue weighted by Gasteiger charge is 2.45. The van der Waals surface area contributed by atoms with Crippen LogP contribution in [0.1, 0.15) is 72.0 Å². The van der Waals surface area contributed by atoms with Crippen LogP contribution in [-0.2, 0) is 27.3 Å². The van der Waals surface area contributed by atoms with Crippen molar-refractivity contribution in [3.8, 4) is 5.75 Å². The minimum atomic E-state index is -1.53. The lowest BCUT2D eigenvalue weighted by Crippen LogP contribution is -2.59. The van der Waals surface area contributed by atoms with E-state index in [1.807, 2.05) is 42.2 Å². The molecule has 0 unspecified atom stereocenters. The molecule has 2 heterocycles. The first-order valence-electron chi connectivity index (χ1n) is 17.7. The number of rotatable bonds is 16. The molecule has 4 amide bonds. The summed E-state index contributed by atoms with van der Waals surface area (Å²) < 4.78 is 11.0. The highest BCUT2D eigenvalue weighted by atomic mass is 16.5. The SMILES string of the molecule is CCOc1cc(C(=O)OC)c(C2CC2)cc1CN1CCC2(CC1)CC(=O)N(c1ccc(CC(=O)NCCNC(=O)NC(CO)(CO)CO)cc1)C2. The number of benzene rings is 2. The molecule has 6 N–H and O–H groups in total. The fraction of sp³-hybridized carbons (Fsp3) is 0.568. The summed E-state index contributed by atoms with van der Waals surface area (Å²) in [4.78, 5) is 54.5. The van der Waals surface area contributed by atoms with Crippen molar-refractivity contribution in [2.24, 2.45) is 5.41 Å². The van der Waals surface area contributed by atoms with E-state index < -0.39 is 31.4 Å². The van der Waals surface area contributed by atoms with Gasteiger partial charge >= 0.3 is 12.0 Å². The van der Waals surface area contributed by atoms with Crippen LogP contribution in [0.15, 0.2) is 36.4 Å². The molecule has 0 bridgehead atoms. The van der Waals surface area contributed by atoms with E-state index in [1.54, 1.807) is 0 Å². The van der Waals surface area contributed by atoms with Gasteiger partial charge in [0, 0.05) is 43.9 Å². The topological polar surface area (TPSA) is 190 Å². The second kappa shape index (κ2) is 16.9. The summed E-state index contributed by atoms with van der Waals surface area (Å²) in [6.07, 6.45) is 4.57. The molecule has 1 saturated carbocycles. The summed E-state index contributed by atoms with van der Waals surface area (Å²) in [5.74, 6) is 0.640. The second-order valence-electron chi connectivity index (χ2n) is 14.0. The molecule has 2 aliphatic heterocycles. The van der Waals surface area contributed by atoms with Gasteiger partial charge in [0.25, 0.3) is 0 Å². The molecular formula is C37H51N5O9. The number of hydrogen-bond donors (Lipinski definition) is 6. The number of carbonyl (C=O) groups is 4. The van der Waals surface area contributed by atoms with Crippen LogP contribution in [0.25, 0.3) is 0 Å². The molecule has 51 heavy (non-hydrogen) atoms. The van der Waals surface area contributed by atoms with Crippen LogP contribution in [0.2, 0.25) is 0 Å². The Morgan fingerprint density at radius 1 is 0.980 bits per heavy atom. The van der Waals surface area contributed by atoms with E-state index in [0.29, 0.717) is 37.6 Å². The number of likely N-dealkylation sites (tertiary alicyclic amines) is 1. The van der Waals surface area contributed by atoms with Gasteiger partial charge in [-0.15, -0.1) is 0 Å². The van der Waals surface area contributed by atoms with Gasteiger partial charge in [-0.1, -0.05) is 12.1 Å². The van der Waals surface area contributed by atoms with Gasteiger partial charge in [0.1, 0.15) is 11.3 Å². The maximum Gasteiger partial charge on any atom is 0.338 e. The van der Waals surface area contributed by atoms with Gasteiger partial charge in [0.05, 0.1) is 45.5 Å². The van der Waals surface area contributed by atoms with Crippen molar-refractivity contribution < 1.29 is 44.0 Å². The summed E-state index contributed by atoms with van der Waals surface area (Å²) in [7, 11) is 1.41. The first-order valence-corrected chi connectivity index (χ1v) is 17.7. The lowest BCUT2D eigenvalue weighted by molar-refractivity contribution is -0.120. The third-order valence-electron chi connectivity index (χ3n) is 10.2. The van der Waals surface area contributed by atoms with Crippen molar-refractivity contribution in [2.45, 2.75) is 63.5 Å². The number of methoxy groups -OCH3 is 1. The fourth-order valence-corrected chi connectivity index (χ4v) is 6.94. The minimum absolute atomic E-state index is 0.0937. The van der Waals surface area contributed by atoms with Gasteiger partial charge in [-0.3, -0.25) is 14.5 Å². The van der Waals surface area contributed by atoms with Gasteiger partial charge < -0.3 is 45.6 Å². The van der Waals surface area contributed by atoms with Gasteiger partial charge in [0.15, 0.2) is 0 Å². The van der Waals surface area contributed by atoms with E-state index >= 15 is 0 Å². The van der Waals surface area contributed by atoms with E-state index in [2.05, 4.69) is 26.9 Å². The Labute approximate surface area is 298 Å². The van der Waals surface area contributed by atoms with Crippen molar-refractivity contribution in [1.82, 2.24) is 20.9 Å². The smallest absolute Gasteiger partial charge is 0.338 e. The molecule has 1 aliphatic carbocycles. The van der Waals surface area contributed by atoms with E-state index in [9.17, 15) is 34.5 Å². The van der Waals surface area contributed by atoms with Gasteiger partial charge in [-0.05, 0) is 92.4 Å². The zero-order chi connectivity index (χ0) is 36.6. The number of nitrogens with one attached hydrogen (secondary N) is 3. The number of nitrogens with zero attached hydrogens (tertiary/aromatic N) is 2. The molecule has 5 rings (SSSR count). The molecule has 3 aliphatic rings. The van der Waals surface area contributed by atoms with Crippen LogP contribution in [0.4, 0.5) is 10.5 Å². The Kier molecular flexibility index (Phi) is 12.6. The first-order chi connectivity index (χ1) is 24.6. The number of ether oxygens (including phenoxy) is 2. The highest BCUT2D eigenvalue weighted by molar-refractivity contribution is 5.96. The number of aliphatic hydroxyl groups is 3. The van der Waals surface area contributed by atoms with Crippen molar-refractivity contribution in [3.05, 3.63) is 58.7 Å². The Hall–Kier alpha value is -4.24. The average molecular weight is 710 g/mol. The normalized spacial score (nSPS) is 17.4. The first kappa shape index (κ1) is 38.0. The molecular weight excluding hydrogens is 658 g/mol. The molecule has 2 saturated heterocycles. The third kappa shape index (κ3) is 9.36. The van der Waals surface area contributed by atoms with Crippen molar-refractivity contribution in [3.63, 3.8) is 0 Å². The molecule has 0 aromatic heterocycles. The molecule has 1 spiro atoms. The fourth-order valence-electron chi connectivity index (χ4n) is 6.94. The predicted molar refractivity (Wildman–Crippen MR) is 189 cm³/mol. The summed E-state index contributed by atoms with van der Waals surface area (Å²) in [5, 5.41) is 35.5. The Morgan fingerprint density at radius 2 is 1.65 bits per heavy atom. The summed E-state index contributed by atoms with van der Waals surface area (Å²) in [6, 6.07) is 10.7. The maximum atomic E-state index is 13.3. The number of esters is 1. The molecule has 14 nitrogen and oxygen atoms in total. The Balaban J connectivity index is 1.09. The Morgan fingerprint density at radius 3 is 2.25 bits per heavy atom. The summed E-state index contributed by atoms with van der Waals surface area (Å²) in [5.41, 5.74) is 2.68. The average Bonchev–Trinajstić information content (AvgIpc) is 3.94. The van der Waals surface area contributed by atoms with Crippen LogP contribution in [-0.4, -0.2) is 116 Å². The maximum absolute atomic E-state index is 13.3. The molecule has 0 radical (unpaired) electrons. The van der Waals surface area contributed by atoms with Crippen LogP contribution < -0.4 is 25.6 Å². The van der Waals surface area contributed by atoms with Gasteiger partial charge in [0.2, 0.25) is 11.8 Å². The van der Waals surface area contributed by atoms with E-state index in [-0.39, 0.29) is 42.7 Å². The van der Waals surface area contributed by atoms with Gasteiger partial charge in [-0.25, -0.2) is 9.59 Å². The largest absolute Gasteiger partial charge is 0.494 e. The van der Waals surface area contributed by atoms with Crippen molar-refractivity contribution in [1.29, 1.82) is 0 Å². The monoisotopic (exact) mass is 709 g/mol. The lowest BCUT2D eigenvalue weighted by Gasteiger charge is -2.39. The molecule has 0 atom stereocenters. The highest BCUT2D eigenvalue weighted by Crippen LogP contribution is 2.45. The summed E-state index contributed by atoms with van der Waals surface area (Å²) >= 11 is 0. The quantitative estimate of drug-likeness (QED) is 0.110. The number of piperidine rings is 1. The molecule has 14 heteroatoms. The van der Waals surface area contributed by atoms with Crippen LogP contribution in [0.3, 0.4) is 0 Å². The van der Waals surface area contributed by atoms with E-state index in [1.165, 1.54) is 7.11 Å². The van der Waals surface area contributed by atoms with Crippen LogP contribution >= 0.6 is 0 Å². The number of anilines is 1. The van der Waals surface area contributed by atoms with E-state index in [4.69, 9.17) is 9.47 Å². The standard InChI is InChI=1S/C37H51N5O9/c1-3-51-31-18-30(34(48)50-2)29(26-6-7-26)17-27(31)20-41-14-10-36(11-15-41)19-33(47)42(21-36)28-8-4-25(5-9-28)16-32(46)38-12-13-39-35(49)40-37(22-43,23-44)24-45/h4-5,8-9,17-18,26,43-45H,3,6-7,10-16,19-24H2,1-2H3,(H,38,46)(H2,39,40,49). The number of amides is 4.